The van der Waals surface area contributed by atoms with Gasteiger partial charge in [-0.3, -0.25) is 9.59 Å². The molecule has 1 atom stereocenters. The maximum absolute atomic E-state index is 12.6. The Balaban J connectivity index is 1.86. The van der Waals surface area contributed by atoms with Crippen LogP contribution in [0.3, 0.4) is 0 Å². The number of furan rings is 1. The number of hydrogen-bond acceptors (Lipinski definition) is 7. The van der Waals surface area contributed by atoms with Crippen molar-refractivity contribution in [3.05, 3.63) is 45.1 Å². The summed E-state index contributed by atoms with van der Waals surface area (Å²) >= 11 is 1.61. The number of ether oxygens (including phenoxy) is 1. The van der Waals surface area contributed by atoms with Crippen molar-refractivity contribution in [2.45, 2.75) is 33.4 Å². The Bertz CT molecular complexity index is 1040. The lowest BCUT2D eigenvalue weighted by atomic mass is 10.1. The third-order valence-corrected chi connectivity index (χ3v) is 5.20. The maximum Gasteiger partial charge on any atom is 0.256 e. The second-order valence-corrected chi connectivity index (χ2v) is 7.73. The second kappa shape index (κ2) is 7.99. The van der Waals surface area contributed by atoms with E-state index in [1.54, 1.807) is 36.5 Å². The number of carbonyl (C=O) groups excluding carboxylic acids is 2. The van der Waals surface area contributed by atoms with Gasteiger partial charge >= 0.3 is 0 Å². The highest BCUT2D eigenvalue weighted by Gasteiger charge is 2.23. The molecule has 3 rings (SSSR count). The molecule has 4 N–H and O–H groups in total. The minimum Gasteiger partial charge on any atom is -0.487 e. The maximum atomic E-state index is 12.6. The van der Waals surface area contributed by atoms with E-state index in [9.17, 15) is 14.7 Å². The first-order valence-electron chi connectivity index (χ1n) is 8.60. The quantitative estimate of drug-likeness (QED) is 0.553. The van der Waals surface area contributed by atoms with Gasteiger partial charge in [0.1, 0.15) is 29.7 Å². The molecule has 0 bridgehead atoms. The SMILES string of the molecule is Cc1nc(COc2ccc3oc(C)c(C(=O)N[C@@H](CO)C(N)=O)c3c2)c(C)s1. The highest BCUT2D eigenvalue weighted by molar-refractivity contribution is 7.11. The Labute approximate surface area is 165 Å². The molecule has 1 aromatic carbocycles. The lowest BCUT2D eigenvalue weighted by Crippen LogP contribution is -2.46. The minimum absolute atomic E-state index is 0.265. The molecule has 2 amide bonds. The van der Waals surface area contributed by atoms with Gasteiger partial charge in [-0.15, -0.1) is 11.3 Å². The zero-order valence-electron chi connectivity index (χ0n) is 15.7. The molecule has 0 aliphatic rings. The number of rotatable bonds is 7. The number of aliphatic hydroxyl groups is 1. The summed E-state index contributed by atoms with van der Waals surface area (Å²) in [4.78, 5) is 29.4. The largest absolute Gasteiger partial charge is 0.487 e. The molecule has 2 heterocycles. The van der Waals surface area contributed by atoms with E-state index in [0.717, 1.165) is 15.6 Å². The smallest absolute Gasteiger partial charge is 0.256 e. The summed E-state index contributed by atoms with van der Waals surface area (Å²) in [6.07, 6.45) is 0. The van der Waals surface area contributed by atoms with Crippen molar-refractivity contribution in [1.29, 1.82) is 0 Å². The van der Waals surface area contributed by atoms with Crippen molar-refractivity contribution in [3.63, 3.8) is 0 Å². The molecule has 0 radical (unpaired) electrons. The summed E-state index contributed by atoms with van der Waals surface area (Å²) in [6, 6.07) is 3.99. The standard InChI is InChI=1S/C19H21N3O5S/c1-9-17(19(25)22-14(7-23)18(20)24)13-6-12(4-5-16(13)27-9)26-8-15-10(2)28-11(3)21-15/h4-6,14,23H,7-8H2,1-3H3,(H2,20,24)(H,22,25)/t14-/m0/s1. The van der Waals surface area contributed by atoms with Crippen LogP contribution in [0.5, 0.6) is 5.75 Å². The van der Waals surface area contributed by atoms with Gasteiger partial charge in [-0.1, -0.05) is 0 Å². The van der Waals surface area contributed by atoms with Gasteiger partial charge in [0.25, 0.3) is 5.91 Å². The normalized spacial score (nSPS) is 12.1. The Morgan fingerprint density at radius 1 is 1.36 bits per heavy atom. The zero-order valence-corrected chi connectivity index (χ0v) is 16.6. The Kier molecular flexibility index (Phi) is 5.66. The van der Waals surface area contributed by atoms with E-state index in [1.165, 1.54) is 0 Å². The van der Waals surface area contributed by atoms with Gasteiger partial charge in [0.2, 0.25) is 5.91 Å². The summed E-state index contributed by atoms with van der Waals surface area (Å²) in [6.45, 7) is 5.31. The number of hydrogen-bond donors (Lipinski definition) is 3. The molecule has 0 unspecified atom stereocenters. The molecule has 3 aromatic rings. The topological polar surface area (TPSA) is 128 Å². The number of benzene rings is 1. The molecule has 0 saturated carbocycles. The highest BCUT2D eigenvalue weighted by Crippen LogP contribution is 2.30. The van der Waals surface area contributed by atoms with Gasteiger partial charge < -0.3 is 25.3 Å². The predicted octanol–water partition coefficient (Wildman–Crippen LogP) is 1.97. The number of nitrogens with one attached hydrogen (secondary N) is 1. The summed E-state index contributed by atoms with van der Waals surface area (Å²) in [5.74, 6) is -0.436. The predicted molar refractivity (Wildman–Crippen MR) is 104 cm³/mol. The Morgan fingerprint density at radius 3 is 2.71 bits per heavy atom. The fraction of sp³-hybridized carbons (Fsp3) is 0.316. The van der Waals surface area contributed by atoms with Crippen LogP contribution in [-0.2, 0) is 11.4 Å². The summed E-state index contributed by atoms with van der Waals surface area (Å²) < 4.78 is 11.5. The molecule has 8 nitrogen and oxygen atoms in total. The number of fused-ring (bicyclic) bond motifs is 1. The van der Waals surface area contributed by atoms with E-state index in [2.05, 4.69) is 10.3 Å². The third-order valence-electron chi connectivity index (χ3n) is 4.27. The number of aryl methyl sites for hydroxylation is 3. The van der Waals surface area contributed by atoms with Crippen molar-refractivity contribution in [2.75, 3.05) is 6.61 Å². The van der Waals surface area contributed by atoms with Crippen molar-refractivity contribution in [1.82, 2.24) is 10.3 Å². The van der Waals surface area contributed by atoms with Gasteiger partial charge in [0.15, 0.2) is 0 Å². The first-order valence-corrected chi connectivity index (χ1v) is 9.41. The molecule has 28 heavy (non-hydrogen) atoms. The van der Waals surface area contributed by atoms with Crippen LogP contribution in [0.2, 0.25) is 0 Å². The molecular weight excluding hydrogens is 382 g/mol. The number of aromatic nitrogens is 1. The van der Waals surface area contributed by atoms with E-state index in [0.29, 0.717) is 29.1 Å². The van der Waals surface area contributed by atoms with Crippen LogP contribution in [0.1, 0.15) is 31.7 Å². The fourth-order valence-electron chi connectivity index (χ4n) is 2.87. The molecule has 0 spiro atoms. The molecule has 9 heteroatoms. The second-order valence-electron chi connectivity index (χ2n) is 6.33. The summed E-state index contributed by atoms with van der Waals surface area (Å²) in [5.41, 5.74) is 6.82. The van der Waals surface area contributed by atoms with Crippen LogP contribution in [0, 0.1) is 20.8 Å². The molecular formula is C19H21N3O5S. The molecule has 2 aromatic heterocycles. The minimum atomic E-state index is -1.17. The number of nitrogens with two attached hydrogens (primary N) is 1. The van der Waals surface area contributed by atoms with Gasteiger partial charge in [0.05, 0.1) is 22.9 Å². The van der Waals surface area contributed by atoms with Crippen LogP contribution in [0.15, 0.2) is 22.6 Å². The number of carbonyl (C=O) groups is 2. The monoisotopic (exact) mass is 403 g/mol. The highest BCUT2D eigenvalue weighted by atomic mass is 32.1. The Hall–Kier alpha value is -2.91. The van der Waals surface area contributed by atoms with E-state index in [4.69, 9.17) is 14.9 Å². The van der Waals surface area contributed by atoms with Crippen LogP contribution in [0.25, 0.3) is 11.0 Å². The van der Waals surface area contributed by atoms with Crippen LogP contribution < -0.4 is 15.8 Å². The van der Waals surface area contributed by atoms with Crippen molar-refractivity contribution in [3.8, 4) is 5.75 Å². The van der Waals surface area contributed by atoms with Crippen LogP contribution in [-0.4, -0.2) is 34.6 Å². The molecule has 148 valence electrons. The number of amides is 2. The van der Waals surface area contributed by atoms with Crippen LogP contribution >= 0.6 is 11.3 Å². The van der Waals surface area contributed by atoms with Crippen molar-refractivity contribution in [2.24, 2.45) is 5.73 Å². The molecule has 0 aliphatic carbocycles. The third kappa shape index (κ3) is 4.00. The van der Waals surface area contributed by atoms with Crippen LogP contribution in [0.4, 0.5) is 0 Å². The van der Waals surface area contributed by atoms with Crippen molar-refractivity contribution < 1.29 is 23.8 Å². The lowest BCUT2D eigenvalue weighted by molar-refractivity contribution is -0.120. The number of aliphatic hydroxyl groups excluding tert-OH is 1. The van der Waals surface area contributed by atoms with E-state index in [-0.39, 0.29) is 5.56 Å². The average molecular weight is 403 g/mol. The molecule has 0 saturated heterocycles. The van der Waals surface area contributed by atoms with Gasteiger partial charge in [-0.25, -0.2) is 4.98 Å². The molecule has 0 fully saturated rings. The summed E-state index contributed by atoms with van der Waals surface area (Å²) in [5, 5.41) is 13.1. The van der Waals surface area contributed by atoms with E-state index < -0.39 is 24.5 Å². The Morgan fingerprint density at radius 2 is 2.11 bits per heavy atom. The zero-order chi connectivity index (χ0) is 20.4. The number of nitrogens with zero attached hydrogens (tertiary/aromatic N) is 1. The summed E-state index contributed by atoms with van der Waals surface area (Å²) in [7, 11) is 0. The van der Waals surface area contributed by atoms with Gasteiger partial charge in [-0.2, -0.15) is 0 Å². The van der Waals surface area contributed by atoms with E-state index >= 15 is 0 Å². The first-order chi connectivity index (χ1) is 13.3. The van der Waals surface area contributed by atoms with E-state index in [1.807, 2.05) is 13.8 Å². The van der Waals surface area contributed by atoms with Gasteiger partial charge in [0, 0.05) is 10.3 Å². The molecule has 0 aliphatic heterocycles. The average Bonchev–Trinajstić information content (AvgIpc) is 3.14. The first kappa shape index (κ1) is 19.8. The van der Waals surface area contributed by atoms with Crippen molar-refractivity contribution >= 4 is 34.1 Å². The van der Waals surface area contributed by atoms with Gasteiger partial charge in [-0.05, 0) is 39.0 Å². The fourth-order valence-corrected chi connectivity index (χ4v) is 3.69. The lowest BCUT2D eigenvalue weighted by Gasteiger charge is -2.12. The number of primary amides is 1. The number of thiazole rings is 1.